The molecule has 8 bridgehead atoms. The molecule has 2 aromatic heterocycles. The van der Waals surface area contributed by atoms with Gasteiger partial charge in [0.15, 0.2) is 0 Å². The summed E-state index contributed by atoms with van der Waals surface area (Å²) >= 11 is 0. The van der Waals surface area contributed by atoms with Gasteiger partial charge in [-0.1, -0.05) is 39.7 Å². The molecule has 0 aromatic carbocycles. The van der Waals surface area contributed by atoms with Crippen LogP contribution in [0.1, 0.15) is 120 Å². The Morgan fingerprint density at radius 3 is 2.44 bits per heavy atom. The Morgan fingerprint density at radius 2 is 1.75 bits per heavy atom. The van der Waals surface area contributed by atoms with Gasteiger partial charge in [0.2, 0.25) is 0 Å². The van der Waals surface area contributed by atoms with Crippen LogP contribution >= 0.6 is 0 Å². The van der Waals surface area contributed by atoms with Gasteiger partial charge in [0, 0.05) is 63.0 Å². The standard InChI is InChI=1S/C43H58N4O5/c1-10-13-14-22(4)17-18-52-36(48)16-15-29-25(7)32-19-30-23(5)27(11-2)34(44-30)20-31-24(6)28(12-3)35(45-31)21-33-26(8)37-41(47-33)38(40(29)46-32)39(42(37)49)43(50)51-9/h17,19-21,25,27,29,39-40,42,44-47,49H,10-16,18H2,1-9H3/b22-17+,32-19-,33-21-,34-20-/t25-,27+,29-,39+,40?,42-/m1/s1. The molecule has 1 aliphatic carbocycles. The van der Waals surface area contributed by atoms with E-state index in [1.807, 2.05) is 13.0 Å². The number of rotatable bonds is 11. The number of ether oxygens (including phenoxy) is 2. The summed E-state index contributed by atoms with van der Waals surface area (Å²) in [7, 11) is 1.37. The van der Waals surface area contributed by atoms with Crippen molar-refractivity contribution in [3.8, 4) is 0 Å². The van der Waals surface area contributed by atoms with Crippen LogP contribution in [-0.4, -0.2) is 46.8 Å². The van der Waals surface area contributed by atoms with Gasteiger partial charge < -0.3 is 35.2 Å². The number of methoxy groups -OCH3 is 1. The van der Waals surface area contributed by atoms with Crippen LogP contribution in [0.5, 0.6) is 0 Å². The van der Waals surface area contributed by atoms with Crippen molar-refractivity contribution in [3.63, 3.8) is 0 Å². The van der Waals surface area contributed by atoms with Crippen molar-refractivity contribution in [3.05, 3.63) is 84.7 Å². The third-order valence-electron chi connectivity index (χ3n) is 12.2. The van der Waals surface area contributed by atoms with Crippen LogP contribution in [0.2, 0.25) is 0 Å². The number of esters is 2. The monoisotopic (exact) mass is 710 g/mol. The second kappa shape index (κ2) is 15.4. The first-order valence-electron chi connectivity index (χ1n) is 19.3. The highest BCUT2D eigenvalue weighted by molar-refractivity contribution is 5.88. The van der Waals surface area contributed by atoms with Crippen molar-refractivity contribution in [2.75, 3.05) is 13.7 Å². The Morgan fingerprint density at radius 1 is 0.981 bits per heavy atom. The Balaban J connectivity index is 1.49. The molecule has 1 unspecified atom stereocenters. The number of hydrogen-bond donors (Lipinski definition) is 5. The van der Waals surface area contributed by atoms with Crippen molar-refractivity contribution in [2.45, 2.75) is 112 Å². The molecule has 280 valence electrons. The van der Waals surface area contributed by atoms with Crippen LogP contribution in [0, 0.1) is 37.5 Å². The topological polar surface area (TPSA) is 128 Å². The van der Waals surface area contributed by atoms with Crippen molar-refractivity contribution in [2.24, 2.45) is 23.7 Å². The summed E-state index contributed by atoms with van der Waals surface area (Å²) in [6, 6.07) is -0.339. The predicted molar refractivity (Wildman–Crippen MR) is 206 cm³/mol. The van der Waals surface area contributed by atoms with Crippen molar-refractivity contribution < 1.29 is 24.2 Å². The maximum absolute atomic E-state index is 13.6. The molecular weight excluding hydrogens is 652 g/mol. The summed E-state index contributed by atoms with van der Waals surface area (Å²) < 4.78 is 11.0. The zero-order chi connectivity index (χ0) is 37.4. The van der Waals surface area contributed by atoms with E-state index in [1.165, 1.54) is 35.1 Å². The summed E-state index contributed by atoms with van der Waals surface area (Å²) in [6.45, 7) is 17.5. The summed E-state index contributed by atoms with van der Waals surface area (Å²) in [5.41, 5.74) is 12.8. The summed E-state index contributed by atoms with van der Waals surface area (Å²) in [6.07, 6.45) is 13.4. The molecule has 5 heterocycles. The number of allylic oxidation sites excluding steroid dienone is 4. The summed E-state index contributed by atoms with van der Waals surface area (Å²) in [5.74, 6) is -1.39. The Bertz CT molecular complexity index is 1990. The van der Waals surface area contributed by atoms with E-state index in [4.69, 9.17) is 9.47 Å². The maximum atomic E-state index is 13.6. The van der Waals surface area contributed by atoms with Crippen molar-refractivity contribution in [1.82, 2.24) is 20.6 Å². The molecule has 6 rings (SSSR count). The number of aliphatic hydroxyl groups is 1. The van der Waals surface area contributed by atoms with Gasteiger partial charge in [-0.05, 0) is 118 Å². The molecule has 2 aromatic rings. The lowest BCUT2D eigenvalue weighted by Crippen LogP contribution is -2.37. The van der Waals surface area contributed by atoms with Gasteiger partial charge in [0.25, 0.3) is 0 Å². The van der Waals surface area contributed by atoms with Crippen LogP contribution < -0.4 is 21.3 Å². The number of aliphatic hydroxyl groups excluding tert-OH is 1. The molecular formula is C43H58N4O5. The lowest BCUT2D eigenvalue weighted by Gasteiger charge is -2.27. The van der Waals surface area contributed by atoms with E-state index in [-0.39, 0.29) is 42.8 Å². The zero-order valence-corrected chi connectivity index (χ0v) is 32.5. The summed E-state index contributed by atoms with van der Waals surface area (Å²) in [4.78, 5) is 34.1. The number of fused-ring (bicyclic) bond motifs is 8. The lowest BCUT2D eigenvalue weighted by molar-refractivity contribution is -0.147. The molecule has 1 saturated heterocycles. The van der Waals surface area contributed by atoms with E-state index in [0.29, 0.717) is 6.42 Å². The largest absolute Gasteiger partial charge is 0.468 e. The van der Waals surface area contributed by atoms with Crippen LogP contribution in [-0.2, 0) is 25.5 Å². The van der Waals surface area contributed by atoms with E-state index in [2.05, 4.69) is 87.3 Å². The van der Waals surface area contributed by atoms with Gasteiger partial charge in [0.1, 0.15) is 12.5 Å². The second-order valence-electron chi connectivity index (χ2n) is 15.2. The first kappa shape index (κ1) is 37.5. The zero-order valence-electron chi connectivity index (χ0n) is 32.5. The first-order chi connectivity index (χ1) is 24.9. The fraction of sp³-hybridized carbons (Fsp3) is 0.535. The molecule has 3 aliphatic heterocycles. The van der Waals surface area contributed by atoms with Crippen LogP contribution in [0.15, 0.2) is 40.4 Å². The molecule has 9 nitrogen and oxygen atoms in total. The number of aromatic amines is 2. The third-order valence-corrected chi connectivity index (χ3v) is 12.2. The average Bonchev–Trinajstić information content (AvgIpc) is 3.86. The van der Waals surface area contributed by atoms with Crippen molar-refractivity contribution >= 4 is 29.7 Å². The van der Waals surface area contributed by atoms with Crippen LogP contribution in [0.3, 0.4) is 0 Å². The SMILES string of the molecule is CCCC/C(C)=C/COC(=O)CC[C@H]1C2N/C(=C\C3=C(C)[C@H](CC)/C(=C/c4[nH]c(c(CC)c4C)/C=c4\[nH]c5c(c4C)[C@@H](O)[C@@H](C(=O)OC)C=52)N3)[C@@H]1C. The van der Waals surface area contributed by atoms with E-state index in [0.717, 1.165) is 82.3 Å². The summed E-state index contributed by atoms with van der Waals surface area (Å²) in [5, 5.41) is 21.2. The lowest BCUT2D eigenvalue weighted by atomic mass is 9.80. The molecule has 5 N–H and O–H groups in total. The Hall–Kier alpha value is -4.24. The van der Waals surface area contributed by atoms with E-state index in [9.17, 15) is 14.7 Å². The number of carbonyl (C=O) groups is 2. The molecule has 0 amide bonds. The highest BCUT2D eigenvalue weighted by Crippen LogP contribution is 2.45. The molecule has 52 heavy (non-hydrogen) atoms. The minimum Gasteiger partial charge on any atom is -0.468 e. The second-order valence-corrected chi connectivity index (χ2v) is 15.2. The van der Waals surface area contributed by atoms with E-state index >= 15 is 0 Å². The number of hydrogen-bond acceptors (Lipinski definition) is 7. The number of nitrogens with one attached hydrogen (secondary N) is 4. The van der Waals surface area contributed by atoms with Gasteiger partial charge in [-0.3, -0.25) is 9.59 Å². The number of H-pyrrole nitrogens is 2. The highest BCUT2D eigenvalue weighted by Gasteiger charge is 2.49. The van der Waals surface area contributed by atoms with Gasteiger partial charge in [0.05, 0.1) is 19.3 Å². The van der Waals surface area contributed by atoms with Gasteiger partial charge in [-0.25, -0.2) is 0 Å². The Labute approximate surface area is 308 Å². The minimum atomic E-state index is -1.07. The predicted octanol–water partition coefficient (Wildman–Crippen LogP) is 6.16. The highest BCUT2D eigenvalue weighted by atomic mass is 16.5. The fourth-order valence-electron chi connectivity index (χ4n) is 9.05. The first-order valence-corrected chi connectivity index (χ1v) is 19.3. The molecule has 9 heteroatoms. The number of aromatic nitrogens is 2. The van der Waals surface area contributed by atoms with E-state index in [1.54, 1.807) is 0 Å². The normalized spacial score (nSPS) is 27.7. The van der Waals surface area contributed by atoms with Gasteiger partial charge >= 0.3 is 11.9 Å². The number of unbranched alkanes of at least 4 members (excludes halogenated alkanes) is 1. The average molecular weight is 711 g/mol. The number of carbonyl (C=O) groups excluding carboxylic acids is 2. The molecule has 0 radical (unpaired) electrons. The fourth-order valence-corrected chi connectivity index (χ4v) is 9.05. The molecule has 0 spiro atoms. The van der Waals surface area contributed by atoms with E-state index < -0.39 is 18.0 Å². The smallest absolute Gasteiger partial charge is 0.315 e. The molecule has 6 atom stereocenters. The van der Waals surface area contributed by atoms with Crippen molar-refractivity contribution in [1.29, 1.82) is 0 Å². The van der Waals surface area contributed by atoms with Gasteiger partial charge in [-0.15, -0.1) is 0 Å². The quantitative estimate of drug-likeness (QED) is 0.140. The third kappa shape index (κ3) is 6.72. The minimum absolute atomic E-state index is 0.0221. The molecule has 1 fully saturated rings. The van der Waals surface area contributed by atoms with Crippen LogP contribution in [0.25, 0.3) is 17.7 Å². The maximum Gasteiger partial charge on any atom is 0.315 e. The molecule has 0 saturated carbocycles. The van der Waals surface area contributed by atoms with Crippen LogP contribution in [0.4, 0.5) is 0 Å². The Kier molecular flexibility index (Phi) is 11.1. The molecule has 4 aliphatic rings. The van der Waals surface area contributed by atoms with Gasteiger partial charge in [-0.2, -0.15) is 0 Å².